The number of pyridine rings is 1. The number of hydrogen-bond acceptors (Lipinski definition) is 1. The molecule has 1 nitrogen and oxygen atoms in total. The van der Waals surface area contributed by atoms with Crippen LogP contribution in [0.5, 0.6) is 0 Å². The molecule has 0 aliphatic heterocycles. The fourth-order valence-corrected chi connectivity index (χ4v) is 1.63. The van der Waals surface area contributed by atoms with Crippen LogP contribution in [0, 0.1) is 0 Å². The predicted molar refractivity (Wildman–Crippen MR) is 57.5 cm³/mol. The molecule has 0 aliphatic rings. The lowest BCUT2D eigenvalue weighted by atomic mass is 10.1. The monoisotopic (exact) mass is 217 g/mol. The van der Waals surface area contributed by atoms with Crippen LogP contribution in [0.2, 0.25) is 10.3 Å². The van der Waals surface area contributed by atoms with E-state index in [0.29, 0.717) is 10.3 Å². The van der Waals surface area contributed by atoms with E-state index in [9.17, 15) is 0 Å². The third-order valence-electron chi connectivity index (χ3n) is 1.94. The lowest BCUT2D eigenvalue weighted by Crippen LogP contribution is -1.89. The minimum absolute atomic E-state index is 0.462. The summed E-state index contributed by atoms with van der Waals surface area (Å²) < 4.78 is 0. The van der Waals surface area contributed by atoms with E-state index < -0.39 is 0 Å². The highest BCUT2D eigenvalue weighted by atomic mass is 35.5. The van der Waals surface area contributed by atoms with Gasteiger partial charge in [0.1, 0.15) is 10.3 Å². The highest BCUT2D eigenvalue weighted by molar-refractivity contribution is 6.32. The SMILES string of the molecule is CCCCCc1ccc(Cl)nc1Cl. The van der Waals surface area contributed by atoms with Gasteiger partial charge in [0.2, 0.25) is 0 Å². The number of aromatic nitrogens is 1. The van der Waals surface area contributed by atoms with E-state index in [2.05, 4.69) is 11.9 Å². The normalized spacial score (nSPS) is 10.4. The highest BCUT2D eigenvalue weighted by Gasteiger charge is 2.01. The zero-order chi connectivity index (χ0) is 9.68. The number of halogens is 2. The molecule has 1 heterocycles. The third kappa shape index (κ3) is 3.53. The summed E-state index contributed by atoms with van der Waals surface area (Å²) in [6.45, 7) is 2.18. The molecule has 0 fully saturated rings. The Morgan fingerprint density at radius 2 is 2.00 bits per heavy atom. The Hall–Kier alpha value is -0.270. The molecule has 0 bridgehead atoms. The van der Waals surface area contributed by atoms with Crippen molar-refractivity contribution in [1.29, 1.82) is 0 Å². The van der Waals surface area contributed by atoms with Gasteiger partial charge in [-0.3, -0.25) is 0 Å². The van der Waals surface area contributed by atoms with Gasteiger partial charge >= 0.3 is 0 Å². The first-order valence-corrected chi connectivity index (χ1v) is 5.30. The largest absolute Gasteiger partial charge is 0.224 e. The van der Waals surface area contributed by atoms with Crippen molar-refractivity contribution in [3.05, 3.63) is 28.0 Å². The minimum Gasteiger partial charge on any atom is -0.224 e. The van der Waals surface area contributed by atoms with Gasteiger partial charge in [-0.1, -0.05) is 49.0 Å². The second-order valence-corrected chi connectivity index (χ2v) is 3.79. The van der Waals surface area contributed by atoms with Crippen LogP contribution in [0.4, 0.5) is 0 Å². The zero-order valence-corrected chi connectivity index (χ0v) is 9.20. The second kappa shape index (κ2) is 5.46. The van der Waals surface area contributed by atoms with Crippen LogP contribution < -0.4 is 0 Å². The Balaban J connectivity index is 2.56. The van der Waals surface area contributed by atoms with Crippen molar-refractivity contribution in [2.75, 3.05) is 0 Å². The number of rotatable bonds is 4. The van der Waals surface area contributed by atoms with Gasteiger partial charge in [0, 0.05) is 0 Å². The molecule has 13 heavy (non-hydrogen) atoms. The van der Waals surface area contributed by atoms with Gasteiger partial charge in [0.25, 0.3) is 0 Å². The first-order chi connectivity index (χ1) is 6.24. The molecule has 1 aromatic rings. The first-order valence-electron chi connectivity index (χ1n) is 4.55. The molecule has 1 aromatic heterocycles. The van der Waals surface area contributed by atoms with Gasteiger partial charge in [-0.15, -0.1) is 0 Å². The van der Waals surface area contributed by atoms with Crippen LogP contribution >= 0.6 is 23.2 Å². The third-order valence-corrected chi connectivity index (χ3v) is 2.48. The molecule has 0 aliphatic carbocycles. The lowest BCUT2D eigenvalue weighted by molar-refractivity contribution is 0.716. The van der Waals surface area contributed by atoms with Crippen molar-refractivity contribution in [2.45, 2.75) is 32.6 Å². The maximum atomic E-state index is 5.91. The van der Waals surface area contributed by atoms with Crippen LogP contribution in [-0.2, 0) is 6.42 Å². The van der Waals surface area contributed by atoms with E-state index in [1.165, 1.54) is 19.3 Å². The van der Waals surface area contributed by atoms with E-state index in [-0.39, 0.29) is 0 Å². The molecule has 72 valence electrons. The average molecular weight is 218 g/mol. The van der Waals surface area contributed by atoms with Crippen molar-refractivity contribution in [1.82, 2.24) is 4.98 Å². The fourth-order valence-electron chi connectivity index (χ4n) is 1.19. The Bertz CT molecular complexity index is 274. The Labute approximate surface area is 89.1 Å². The maximum absolute atomic E-state index is 5.91. The molecule has 0 amide bonds. The van der Waals surface area contributed by atoms with Crippen LogP contribution in [-0.4, -0.2) is 4.98 Å². The molecule has 0 saturated heterocycles. The quantitative estimate of drug-likeness (QED) is 0.547. The van der Waals surface area contributed by atoms with Crippen molar-refractivity contribution < 1.29 is 0 Å². The van der Waals surface area contributed by atoms with Crippen LogP contribution in [0.3, 0.4) is 0 Å². The maximum Gasteiger partial charge on any atom is 0.134 e. The van der Waals surface area contributed by atoms with Gasteiger partial charge in [-0.05, 0) is 24.5 Å². The van der Waals surface area contributed by atoms with E-state index in [4.69, 9.17) is 23.2 Å². The molecule has 0 atom stereocenters. The number of aryl methyl sites for hydroxylation is 1. The van der Waals surface area contributed by atoms with Gasteiger partial charge in [0.05, 0.1) is 0 Å². The topological polar surface area (TPSA) is 12.9 Å². The second-order valence-electron chi connectivity index (χ2n) is 3.04. The standard InChI is InChI=1S/C10H13Cl2N/c1-2-3-4-5-8-6-7-9(11)13-10(8)12/h6-7H,2-5H2,1H3. The molecule has 1 rings (SSSR count). The van der Waals surface area contributed by atoms with Crippen molar-refractivity contribution in [3.8, 4) is 0 Å². The molecule has 0 saturated carbocycles. The fraction of sp³-hybridized carbons (Fsp3) is 0.500. The number of hydrogen-bond donors (Lipinski definition) is 0. The summed E-state index contributed by atoms with van der Waals surface area (Å²) in [6, 6.07) is 3.74. The molecule has 0 spiro atoms. The minimum atomic E-state index is 0.462. The number of nitrogens with zero attached hydrogens (tertiary/aromatic N) is 1. The summed E-state index contributed by atoms with van der Waals surface area (Å²) in [5, 5.41) is 1.01. The Morgan fingerprint density at radius 3 is 2.62 bits per heavy atom. The van der Waals surface area contributed by atoms with E-state index in [1.807, 2.05) is 6.07 Å². The lowest BCUT2D eigenvalue weighted by Gasteiger charge is -2.02. The van der Waals surface area contributed by atoms with Crippen molar-refractivity contribution >= 4 is 23.2 Å². The van der Waals surface area contributed by atoms with E-state index >= 15 is 0 Å². The molecule has 0 unspecified atom stereocenters. The molecular weight excluding hydrogens is 205 g/mol. The Kier molecular flexibility index (Phi) is 4.54. The summed E-state index contributed by atoms with van der Waals surface area (Å²) in [6.07, 6.45) is 4.62. The molecule has 3 heteroatoms. The predicted octanol–water partition coefficient (Wildman–Crippen LogP) is 4.12. The molecule has 0 radical (unpaired) electrons. The highest BCUT2D eigenvalue weighted by Crippen LogP contribution is 2.18. The summed E-state index contributed by atoms with van der Waals surface area (Å²) in [5.41, 5.74) is 1.10. The zero-order valence-electron chi connectivity index (χ0n) is 7.69. The van der Waals surface area contributed by atoms with E-state index in [1.54, 1.807) is 6.07 Å². The van der Waals surface area contributed by atoms with Gasteiger partial charge in [-0.2, -0.15) is 0 Å². The average Bonchev–Trinajstić information content (AvgIpc) is 2.09. The first kappa shape index (κ1) is 10.8. The summed E-state index contributed by atoms with van der Waals surface area (Å²) >= 11 is 11.6. The smallest absolute Gasteiger partial charge is 0.134 e. The van der Waals surface area contributed by atoms with Crippen LogP contribution in [0.25, 0.3) is 0 Å². The summed E-state index contributed by atoms with van der Waals surface area (Å²) in [7, 11) is 0. The summed E-state index contributed by atoms with van der Waals surface area (Å²) in [4.78, 5) is 3.98. The van der Waals surface area contributed by atoms with Gasteiger partial charge < -0.3 is 0 Å². The Morgan fingerprint density at radius 1 is 1.23 bits per heavy atom. The van der Waals surface area contributed by atoms with Crippen molar-refractivity contribution in [3.63, 3.8) is 0 Å². The molecular formula is C10H13Cl2N. The summed E-state index contributed by atoms with van der Waals surface area (Å²) in [5.74, 6) is 0. The van der Waals surface area contributed by atoms with Crippen molar-refractivity contribution in [2.24, 2.45) is 0 Å². The number of unbranched alkanes of at least 4 members (excludes halogenated alkanes) is 2. The molecule has 0 aromatic carbocycles. The van der Waals surface area contributed by atoms with Gasteiger partial charge in [0.15, 0.2) is 0 Å². The van der Waals surface area contributed by atoms with Crippen LogP contribution in [0.15, 0.2) is 12.1 Å². The van der Waals surface area contributed by atoms with Crippen LogP contribution in [0.1, 0.15) is 31.7 Å². The van der Waals surface area contributed by atoms with E-state index in [0.717, 1.165) is 12.0 Å². The van der Waals surface area contributed by atoms with Gasteiger partial charge in [-0.25, -0.2) is 4.98 Å². The molecule has 0 N–H and O–H groups in total.